The van der Waals surface area contributed by atoms with E-state index < -0.39 is 0 Å². The standard InChI is InChI=1S/C46H28N4/c1-50-41-21-20-31(24-38(41)49-46(50)30-8-3-2-4-9-30)39-25-48-40(26-47-39)33-22-32-19-18-29-11-6-14-35-34-13-5-10-27-16-17-28-12-7-15-36(44(28)42(27)34)37(23-33)45(32)43(29)35/h2-26H,1H3. The zero-order valence-electron chi connectivity index (χ0n) is 27.2. The molecule has 11 rings (SSSR count). The summed E-state index contributed by atoms with van der Waals surface area (Å²) < 4.78 is 2.14. The quantitative estimate of drug-likeness (QED) is 0.181. The topological polar surface area (TPSA) is 43.6 Å². The number of fused-ring (bicyclic) bond motifs is 3. The van der Waals surface area contributed by atoms with Gasteiger partial charge in [0.25, 0.3) is 0 Å². The highest BCUT2D eigenvalue weighted by molar-refractivity contribution is 6.37. The van der Waals surface area contributed by atoms with E-state index in [1.54, 1.807) is 0 Å². The first-order chi connectivity index (χ1) is 24.7. The van der Waals surface area contributed by atoms with Crippen molar-refractivity contribution in [1.29, 1.82) is 0 Å². The normalized spacial score (nSPS) is 12.1. The molecule has 4 heteroatoms. The van der Waals surface area contributed by atoms with E-state index in [0.717, 1.165) is 44.9 Å². The Balaban J connectivity index is 1.12. The highest BCUT2D eigenvalue weighted by atomic mass is 15.1. The van der Waals surface area contributed by atoms with Crippen molar-refractivity contribution in [3.8, 4) is 33.9 Å². The highest BCUT2D eigenvalue weighted by Gasteiger charge is 2.17. The number of rotatable bonds is 3. The lowest BCUT2D eigenvalue weighted by Gasteiger charge is -2.16. The molecule has 0 atom stereocenters. The van der Waals surface area contributed by atoms with Crippen LogP contribution < -0.4 is 0 Å². The van der Waals surface area contributed by atoms with Crippen molar-refractivity contribution in [1.82, 2.24) is 19.5 Å². The van der Waals surface area contributed by atoms with Gasteiger partial charge in [0.15, 0.2) is 0 Å². The number of aryl methyl sites for hydroxylation is 1. The molecule has 11 aromatic rings. The van der Waals surface area contributed by atoms with Crippen molar-refractivity contribution < 1.29 is 0 Å². The van der Waals surface area contributed by atoms with Crippen molar-refractivity contribution in [3.63, 3.8) is 0 Å². The summed E-state index contributed by atoms with van der Waals surface area (Å²) in [6.45, 7) is 0. The SMILES string of the molecule is Cn1c(-c2ccccc2)nc2cc(-c3cnc(-c4cc5ccc6cccc7c8cccc9ccc%10cccc(c(c4)c5c67)c%10c98)cn3)ccc21. The molecule has 0 aliphatic carbocycles. The molecule has 0 radical (unpaired) electrons. The van der Waals surface area contributed by atoms with E-state index in [1.165, 1.54) is 64.6 Å². The Hall–Kier alpha value is -6.65. The van der Waals surface area contributed by atoms with Crippen LogP contribution >= 0.6 is 0 Å². The minimum atomic E-state index is 0.821. The molecule has 0 spiro atoms. The Morgan fingerprint density at radius 3 is 1.60 bits per heavy atom. The van der Waals surface area contributed by atoms with E-state index in [-0.39, 0.29) is 0 Å². The fraction of sp³-hybridized carbons (Fsp3) is 0.0217. The van der Waals surface area contributed by atoms with Gasteiger partial charge in [0.05, 0.1) is 34.8 Å². The molecule has 4 nitrogen and oxygen atoms in total. The van der Waals surface area contributed by atoms with Crippen molar-refractivity contribution in [2.24, 2.45) is 7.05 Å². The molecular formula is C46H28N4. The van der Waals surface area contributed by atoms with E-state index in [2.05, 4.69) is 133 Å². The predicted molar refractivity (Wildman–Crippen MR) is 209 cm³/mol. The Morgan fingerprint density at radius 1 is 0.420 bits per heavy atom. The Labute approximate surface area is 287 Å². The molecular weight excluding hydrogens is 609 g/mol. The van der Waals surface area contributed by atoms with Gasteiger partial charge in [0, 0.05) is 23.7 Å². The first kappa shape index (κ1) is 27.3. The molecule has 232 valence electrons. The highest BCUT2D eigenvalue weighted by Crippen LogP contribution is 2.44. The minimum absolute atomic E-state index is 0.821. The molecule has 0 unspecified atom stereocenters. The van der Waals surface area contributed by atoms with E-state index in [4.69, 9.17) is 15.0 Å². The van der Waals surface area contributed by atoms with Crippen LogP contribution in [0.25, 0.3) is 110 Å². The van der Waals surface area contributed by atoms with Gasteiger partial charge in [-0.25, -0.2) is 4.98 Å². The van der Waals surface area contributed by atoms with Crippen LogP contribution in [-0.4, -0.2) is 19.5 Å². The van der Waals surface area contributed by atoms with Crippen LogP contribution in [0.5, 0.6) is 0 Å². The monoisotopic (exact) mass is 636 g/mol. The van der Waals surface area contributed by atoms with Gasteiger partial charge in [-0.15, -0.1) is 0 Å². The number of benzene rings is 8. The van der Waals surface area contributed by atoms with Gasteiger partial charge in [-0.3, -0.25) is 9.97 Å². The predicted octanol–water partition coefficient (Wildman–Crippen LogP) is 11.7. The largest absolute Gasteiger partial charge is 0.327 e. The van der Waals surface area contributed by atoms with Crippen LogP contribution in [0.1, 0.15) is 0 Å². The van der Waals surface area contributed by atoms with Crippen LogP contribution in [0.3, 0.4) is 0 Å². The lowest BCUT2D eigenvalue weighted by molar-refractivity contribution is 0.959. The summed E-state index contributed by atoms with van der Waals surface area (Å²) in [5.74, 6) is 0.946. The molecule has 0 aliphatic heterocycles. The second-order valence-corrected chi connectivity index (χ2v) is 13.3. The van der Waals surface area contributed by atoms with Crippen LogP contribution in [0.15, 0.2) is 152 Å². The van der Waals surface area contributed by atoms with E-state index >= 15 is 0 Å². The van der Waals surface area contributed by atoms with Gasteiger partial charge in [-0.1, -0.05) is 115 Å². The Morgan fingerprint density at radius 2 is 0.980 bits per heavy atom. The maximum atomic E-state index is 5.01. The second kappa shape index (κ2) is 10.2. The average molecular weight is 637 g/mol. The summed E-state index contributed by atoms with van der Waals surface area (Å²) >= 11 is 0. The Kier molecular flexibility index (Phi) is 5.56. The zero-order chi connectivity index (χ0) is 32.9. The molecule has 0 amide bonds. The molecule has 0 saturated heterocycles. The number of imidazole rings is 1. The molecule has 0 bridgehead atoms. The first-order valence-electron chi connectivity index (χ1n) is 17.0. The summed E-state index contributed by atoms with van der Waals surface area (Å²) in [6.07, 6.45) is 3.80. The van der Waals surface area contributed by atoms with Crippen LogP contribution in [-0.2, 0) is 7.05 Å². The summed E-state index contributed by atoms with van der Waals surface area (Å²) in [7, 11) is 2.07. The lowest BCUT2D eigenvalue weighted by Crippen LogP contribution is -1.92. The van der Waals surface area contributed by atoms with Gasteiger partial charge >= 0.3 is 0 Å². The number of hydrogen-bond acceptors (Lipinski definition) is 3. The maximum absolute atomic E-state index is 5.01. The third-order valence-corrected chi connectivity index (χ3v) is 10.6. The molecule has 0 N–H and O–H groups in total. The molecule has 0 aliphatic rings. The molecule has 0 fully saturated rings. The summed E-state index contributed by atoms with van der Waals surface area (Å²) in [5.41, 5.74) is 6.83. The smallest absolute Gasteiger partial charge is 0.140 e. The second-order valence-electron chi connectivity index (χ2n) is 13.3. The van der Waals surface area contributed by atoms with E-state index in [0.29, 0.717) is 0 Å². The van der Waals surface area contributed by atoms with Crippen LogP contribution in [0.4, 0.5) is 0 Å². The van der Waals surface area contributed by atoms with Crippen molar-refractivity contribution >= 4 is 75.7 Å². The number of nitrogens with zero attached hydrogens (tertiary/aromatic N) is 4. The molecule has 2 aromatic heterocycles. The van der Waals surface area contributed by atoms with Gasteiger partial charge in [-0.2, -0.15) is 0 Å². The molecule has 2 heterocycles. The van der Waals surface area contributed by atoms with Gasteiger partial charge < -0.3 is 4.57 Å². The van der Waals surface area contributed by atoms with E-state index in [9.17, 15) is 0 Å². The summed E-state index contributed by atoms with van der Waals surface area (Å²) in [4.78, 5) is 14.9. The first-order valence-corrected chi connectivity index (χ1v) is 17.0. The summed E-state index contributed by atoms with van der Waals surface area (Å²) in [5, 5.41) is 15.2. The van der Waals surface area contributed by atoms with Crippen molar-refractivity contribution in [2.45, 2.75) is 0 Å². The van der Waals surface area contributed by atoms with Crippen LogP contribution in [0, 0.1) is 0 Å². The minimum Gasteiger partial charge on any atom is -0.327 e. The van der Waals surface area contributed by atoms with Gasteiger partial charge in [-0.05, 0) is 88.9 Å². The maximum Gasteiger partial charge on any atom is 0.140 e. The molecule has 50 heavy (non-hydrogen) atoms. The zero-order valence-corrected chi connectivity index (χ0v) is 27.2. The summed E-state index contributed by atoms with van der Waals surface area (Å²) in [6, 6.07) is 50.4. The van der Waals surface area contributed by atoms with Crippen LogP contribution in [0.2, 0.25) is 0 Å². The fourth-order valence-electron chi connectivity index (χ4n) is 8.26. The van der Waals surface area contributed by atoms with Gasteiger partial charge in [0.1, 0.15) is 5.82 Å². The average Bonchev–Trinajstić information content (AvgIpc) is 3.51. The number of hydrogen-bond donors (Lipinski definition) is 0. The third-order valence-electron chi connectivity index (χ3n) is 10.6. The molecule has 0 saturated carbocycles. The van der Waals surface area contributed by atoms with E-state index in [1.807, 2.05) is 30.6 Å². The Bertz CT molecular complexity index is 3130. The number of aromatic nitrogens is 4. The van der Waals surface area contributed by atoms with Gasteiger partial charge in [0.2, 0.25) is 0 Å². The third kappa shape index (κ3) is 3.84. The van der Waals surface area contributed by atoms with Crippen molar-refractivity contribution in [3.05, 3.63) is 152 Å². The lowest BCUT2D eigenvalue weighted by atomic mass is 9.87. The fourth-order valence-corrected chi connectivity index (χ4v) is 8.26. The molecule has 9 aromatic carbocycles. The van der Waals surface area contributed by atoms with Crippen molar-refractivity contribution in [2.75, 3.05) is 0 Å².